The van der Waals surface area contributed by atoms with E-state index in [4.69, 9.17) is 0 Å². The minimum atomic E-state index is -1.31. The van der Waals surface area contributed by atoms with Gasteiger partial charge in [0.15, 0.2) is 10.9 Å². The fourth-order valence-corrected chi connectivity index (χ4v) is 5.54. The van der Waals surface area contributed by atoms with E-state index in [-0.39, 0.29) is 0 Å². The first-order chi connectivity index (χ1) is 16.1. The second-order valence-electron chi connectivity index (χ2n) is 8.62. The van der Waals surface area contributed by atoms with Gasteiger partial charge in [0, 0.05) is 43.0 Å². The predicted molar refractivity (Wildman–Crippen MR) is 128 cm³/mol. The Balaban J connectivity index is 1.25. The number of pyridine rings is 1. The molecule has 1 fully saturated rings. The Morgan fingerprint density at radius 2 is 2.12 bits per heavy atom. The van der Waals surface area contributed by atoms with Gasteiger partial charge in [-0.05, 0) is 49.1 Å². The van der Waals surface area contributed by atoms with E-state index < -0.39 is 11.8 Å². The van der Waals surface area contributed by atoms with Crippen molar-refractivity contribution >= 4 is 32.3 Å². The summed E-state index contributed by atoms with van der Waals surface area (Å²) in [6.45, 7) is 0. The third-order valence-electron chi connectivity index (χ3n) is 6.34. The first kappa shape index (κ1) is 20.3. The van der Waals surface area contributed by atoms with Gasteiger partial charge in [-0.1, -0.05) is 23.8 Å². The molecule has 8 nitrogen and oxygen atoms in total. The molecule has 4 aromatic heterocycles. The van der Waals surface area contributed by atoms with Crippen LogP contribution in [0.1, 0.15) is 36.9 Å². The second-order valence-corrected chi connectivity index (χ2v) is 9.65. The van der Waals surface area contributed by atoms with Crippen LogP contribution in [0.15, 0.2) is 61.2 Å². The SMILES string of the molecule is OC1CCCCC1(O)Nc1nc2ccc(Cc3cnc4cc(-n5cccn5)ccn34)cc2s1. The van der Waals surface area contributed by atoms with Crippen molar-refractivity contribution in [2.75, 3.05) is 5.32 Å². The normalized spacial score (nSPS) is 21.1. The molecule has 2 atom stereocenters. The molecule has 0 aliphatic heterocycles. The predicted octanol–water partition coefficient (Wildman–Crippen LogP) is 3.76. The molecule has 1 aliphatic carbocycles. The Kier molecular flexibility index (Phi) is 4.90. The highest BCUT2D eigenvalue weighted by Crippen LogP contribution is 2.34. The lowest BCUT2D eigenvalue weighted by atomic mass is 9.89. The van der Waals surface area contributed by atoms with Gasteiger partial charge < -0.3 is 19.9 Å². The maximum absolute atomic E-state index is 10.8. The van der Waals surface area contributed by atoms with Gasteiger partial charge in [0.2, 0.25) is 0 Å². The van der Waals surface area contributed by atoms with Crippen molar-refractivity contribution in [2.24, 2.45) is 0 Å². The molecule has 6 rings (SSSR count). The van der Waals surface area contributed by atoms with Crippen LogP contribution in [0.5, 0.6) is 0 Å². The van der Waals surface area contributed by atoms with Crippen molar-refractivity contribution in [3.8, 4) is 5.69 Å². The fourth-order valence-electron chi connectivity index (χ4n) is 4.53. The van der Waals surface area contributed by atoms with Crippen LogP contribution in [-0.2, 0) is 6.42 Å². The number of aliphatic hydroxyl groups excluding tert-OH is 1. The summed E-state index contributed by atoms with van der Waals surface area (Å²) in [7, 11) is 0. The molecule has 0 amide bonds. The Morgan fingerprint density at radius 1 is 1.18 bits per heavy atom. The van der Waals surface area contributed by atoms with Crippen LogP contribution in [-0.4, -0.2) is 46.2 Å². The Labute approximate surface area is 194 Å². The summed E-state index contributed by atoms with van der Waals surface area (Å²) in [5.41, 5.74) is 3.68. The highest BCUT2D eigenvalue weighted by Gasteiger charge is 2.38. The van der Waals surface area contributed by atoms with E-state index in [1.807, 2.05) is 47.5 Å². The number of imidazole rings is 1. The minimum Gasteiger partial charge on any atom is -0.388 e. The van der Waals surface area contributed by atoms with Crippen molar-refractivity contribution in [1.82, 2.24) is 24.1 Å². The largest absolute Gasteiger partial charge is 0.388 e. The van der Waals surface area contributed by atoms with Gasteiger partial charge in [-0.25, -0.2) is 14.6 Å². The molecule has 2 unspecified atom stereocenters. The molecule has 5 aromatic rings. The van der Waals surface area contributed by atoms with Gasteiger partial charge in [0.25, 0.3) is 0 Å². The first-order valence-electron chi connectivity index (χ1n) is 11.1. The molecule has 1 aliphatic rings. The van der Waals surface area contributed by atoms with E-state index >= 15 is 0 Å². The second kappa shape index (κ2) is 7.95. The third kappa shape index (κ3) is 3.78. The molecule has 3 N–H and O–H groups in total. The van der Waals surface area contributed by atoms with Crippen LogP contribution < -0.4 is 5.32 Å². The number of fused-ring (bicyclic) bond motifs is 2. The third-order valence-corrected chi connectivity index (χ3v) is 7.27. The molecule has 4 heterocycles. The zero-order chi connectivity index (χ0) is 22.4. The molecular formula is C24H24N6O2S. The maximum Gasteiger partial charge on any atom is 0.186 e. The standard InChI is InChI=1S/C24H24N6O2S/c31-21-4-1-2-8-24(21,32)28-23-27-19-6-5-16(13-20(19)33-23)12-18-15-25-22-14-17(7-11-29(18)22)30-10-3-9-26-30/h3,5-7,9-11,13-15,21,31-32H,1-2,4,8,12H2,(H,27,28). The van der Waals surface area contributed by atoms with Crippen molar-refractivity contribution in [3.05, 3.63) is 72.4 Å². The number of hydrogen-bond acceptors (Lipinski definition) is 7. The lowest BCUT2D eigenvalue weighted by Gasteiger charge is -2.37. The summed E-state index contributed by atoms with van der Waals surface area (Å²) in [4.78, 5) is 9.20. The van der Waals surface area contributed by atoms with Crippen molar-refractivity contribution in [2.45, 2.75) is 43.9 Å². The quantitative estimate of drug-likeness (QED) is 0.345. The maximum atomic E-state index is 10.8. The van der Waals surface area contributed by atoms with Gasteiger partial charge in [0.05, 0.1) is 15.9 Å². The highest BCUT2D eigenvalue weighted by molar-refractivity contribution is 7.22. The summed E-state index contributed by atoms with van der Waals surface area (Å²) < 4.78 is 4.95. The van der Waals surface area contributed by atoms with E-state index in [9.17, 15) is 10.2 Å². The van der Waals surface area contributed by atoms with Crippen LogP contribution in [0.4, 0.5) is 5.13 Å². The zero-order valence-electron chi connectivity index (χ0n) is 17.9. The number of thiazole rings is 1. The number of hydrogen-bond donors (Lipinski definition) is 3. The van der Waals surface area contributed by atoms with Crippen LogP contribution in [0, 0.1) is 0 Å². The van der Waals surface area contributed by atoms with E-state index in [2.05, 4.69) is 36.9 Å². The molecule has 0 saturated heterocycles. The lowest BCUT2D eigenvalue weighted by molar-refractivity contribution is -0.0794. The molecule has 1 aromatic carbocycles. The number of aliphatic hydroxyl groups is 2. The molecule has 0 radical (unpaired) electrons. The summed E-state index contributed by atoms with van der Waals surface area (Å²) in [6, 6.07) is 12.2. The topological polar surface area (TPSA) is 100 Å². The molecule has 1 saturated carbocycles. The van der Waals surface area contributed by atoms with E-state index in [1.165, 1.54) is 11.3 Å². The summed E-state index contributed by atoms with van der Waals surface area (Å²) >= 11 is 1.50. The number of aromatic nitrogens is 5. The summed E-state index contributed by atoms with van der Waals surface area (Å²) in [5, 5.41) is 29.1. The summed E-state index contributed by atoms with van der Waals surface area (Å²) in [5.74, 6) is 0. The van der Waals surface area contributed by atoms with E-state index in [0.717, 1.165) is 52.1 Å². The Morgan fingerprint density at radius 3 is 2.97 bits per heavy atom. The first-order valence-corrected chi connectivity index (χ1v) is 11.9. The zero-order valence-corrected chi connectivity index (χ0v) is 18.7. The molecule has 0 spiro atoms. The van der Waals surface area contributed by atoms with Crippen molar-refractivity contribution < 1.29 is 10.2 Å². The molecule has 168 valence electrons. The molecule has 0 bridgehead atoms. The van der Waals surface area contributed by atoms with Crippen LogP contribution in [0.3, 0.4) is 0 Å². The Hall–Kier alpha value is -3.27. The highest BCUT2D eigenvalue weighted by atomic mass is 32.1. The van der Waals surface area contributed by atoms with Gasteiger partial charge in [-0.15, -0.1) is 0 Å². The smallest absolute Gasteiger partial charge is 0.186 e. The fraction of sp³-hybridized carbons (Fsp3) is 0.292. The van der Waals surface area contributed by atoms with Gasteiger partial charge in [-0.2, -0.15) is 5.10 Å². The van der Waals surface area contributed by atoms with Crippen LogP contribution >= 0.6 is 11.3 Å². The molecule has 33 heavy (non-hydrogen) atoms. The van der Waals surface area contributed by atoms with Gasteiger partial charge >= 0.3 is 0 Å². The van der Waals surface area contributed by atoms with Crippen LogP contribution in [0.25, 0.3) is 21.6 Å². The Bertz CT molecular complexity index is 1430. The summed E-state index contributed by atoms with van der Waals surface area (Å²) in [6.07, 6.45) is 10.5. The minimum absolute atomic E-state index is 0.520. The van der Waals surface area contributed by atoms with E-state index in [1.54, 1.807) is 6.20 Å². The lowest BCUT2D eigenvalue weighted by Crippen LogP contribution is -2.51. The van der Waals surface area contributed by atoms with Crippen molar-refractivity contribution in [1.29, 1.82) is 0 Å². The number of anilines is 1. The number of nitrogens with zero attached hydrogens (tertiary/aromatic N) is 5. The molecular weight excluding hydrogens is 436 g/mol. The van der Waals surface area contributed by atoms with Crippen molar-refractivity contribution in [3.63, 3.8) is 0 Å². The number of rotatable bonds is 5. The average molecular weight is 461 g/mol. The average Bonchev–Trinajstić information content (AvgIpc) is 3.55. The number of benzene rings is 1. The van der Waals surface area contributed by atoms with E-state index in [0.29, 0.717) is 18.0 Å². The monoisotopic (exact) mass is 460 g/mol. The van der Waals surface area contributed by atoms with Gasteiger partial charge in [-0.3, -0.25) is 0 Å². The molecule has 9 heteroatoms. The van der Waals surface area contributed by atoms with Gasteiger partial charge in [0.1, 0.15) is 11.8 Å². The number of nitrogens with one attached hydrogen (secondary N) is 1. The van der Waals surface area contributed by atoms with Crippen LogP contribution in [0.2, 0.25) is 0 Å².